The maximum absolute atomic E-state index is 12.8. The van der Waals surface area contributed by atoms with Gasteiger partial charge >= 0.3 is 0 Å². The summed E-state index contributed by atoms with van der Waals surface area (Å²) >= 11 is 5.64. The lowest BCUT2D eigenvalue weighted by Crippen LogP contribution is -2.10. The lowest BCUT2D eigenvalue weighted by atomic mass is 10.0. The molecule has 1 atom stereocenters. The minimum atomic E-state index is -0.419. The van der Waals surface area contributed by atoms with Crippen LogP contribution in [-0.4, -0.2) is 0 Å². The second-order valence-electron chi connectivity index (χ2n) is 3.44. The van der Waals surface area contributed by atoms with Crippen LogP contribution in [0.2, 0.25) is 5.02 Å². The number of benzene rings is 1. The molecule has 0 spiro atoms. The van der Waals surface area contributed by atoms with Crippen LogP contribution in [0.4, 0.5) is 4.39 Å². The van der Waals surface area contributed by atoms with Crippen LogP contribution in [0.5, 0.6) is 0 Å². The fraction of sp³-hybridized carbons (Fsp3) is 0.273. The molecular formula is C11H13ClFN. The summed E-state index contributed by atoms with van der Waals surface area (Å²) in [4.78, 5) is 0. The Bertz CT molecular complexity index is 349. The van der Waals surface area contributed by atoms with Crippen LogP contribution in [0.25, 0.3) is 0 Å². The number of rotatable bonds is 3. The van der Waals surface area contributed by atoms with Gasteiger partial charge in [-0.2, -0.15) is 0 Å². The Kier molecular flexibility index (Phi) is 3.67. The fourth-order valence-corrected chi connectivity index (χ4v) is 1.43. The Morgan fingerprint density at radius 2 is 2.29 bits per heavy atom. The van der Waals surface area contributed by atoms with E-state index in [0.29, 0.717) is 6.42 Å². The van der Waals surface area contributed by atoms with Crippen LogP contribution in [-0.2, 0) is 0 Å². The van der Waals surface area contributed by atoms with Crippen LogP contribution in [0.1, 0.15) is 24.9 Å². The first-order valence-electron chi connectivity index (χ1n) is 4.35. The molecule has 0 aliphatic carbocycles. The summed E-state index contributed by atoms with van der Waals surface area (Å²) in [5.74, 6) is -0.419. The fourth-order valence-electron chi connectivity index (χ4n) is 1.24. The predicted octanol–water partition coefficient (Wildman–Crippen LogP) is 3.45. The highest BCUT2D eigenvalue weighted by atomic mass is 35.5. The maximum Gasteiger partial charge on any atom is 0.141 e. The Morgan fingerprint density at radius 3 is 2.79 bits per heavy atom. The smallest absolute Gasteiger partial charge is 0.141 e. The molecule has 0 aliphatic heterocycles. The minimum Gasteiger partial charge on any atom is -0.324 e. The van der Waals surface area contributed by atoms with E-state index in [1.165, 1.54) is 6.07 Å². The van der Waals surface area contributed by atoms with Gasteiger partial charge in [0.15, 0.2) is 0 Å². The third-order valence-corrected chi connectivity index (χ3v) is 2.23. The number of hydrogen-bond donors (Lipinski definition) is 1. The maximum atomic E-state index is 12.8. The van der Waals surface area contributed by atoms with Gasteiger partial charge in [-0.15, -0.1) is 6.58 Å². The lowest BCUT2D eigenvalue weighted by molar-refractivity contribution is 0.625. The van der Waals surface area contributed by atoms with Gasteiger partial charge in [-0.1, -0.05) is 23.2 Å². The quantitative estimate of drug-likeness (QED) is 0.765. The average Bonchev–Trinajstić information content (AvgIpc) is 2.08. The summed E-state index contributed by atoms with van der Waals surface area (Å²) in [6.07, 6.45) is 0.683. The molecule has 14 heavy (non-hydrogen) atoms. The van der Waals surface area contributed by atoms with E-state index in [0.717, 1.165) is 11.1 Å². The van der Waals surface area contributed by atoms with E-state index >= 15 is 0 Å². The van der Waals surface area contributed by atoms with Gasteiger partial charge < -0.3 is 5.73 Å². The largest absolute Gasteiger partial charge is 0.324 e. The predicted molar refractivity (Wildman–Crippen MR) is 57.8 cm³/mol. The second kappa shape index (κ2) is 4.58. The first-order valence-corrected chi connectivity index (χ1v) is 4.73. The van der Waals surface area contributed by atoms with Crippen LogP contribution < -0.4 is 5.73 Å². The van der Waals surface area contributed by atoms with Gasteiger partial charge in [-0.25, -0.2) is 4.39 Å². The van der Waals surface area contributed by atoms with Gasteiger partial charge in [0.25, 0.3) is 0 Å². The molecule has 3 heteroatoms. The zero-order valence-electron chi connectivity index (χ0n) is 8.06. The van der Waals surface area contributed by atoms with Crippen molar-refractivity contribution in [2.24, 2.45) is 5.73 Å². The monoisotopic (exact) mass is 213 g/mol. The Hall–Kier alpha value is -0.860. The van der Waals surface area contributed by atoms with Gasteiger partial charge in [-0.3, -0.25) is 0 Å². The van der Waals surface area contributed by atoms with E-state index in [2.05, 4.69) is 6.58 Å². The van der Waals surface area contributed by atoms with E-state index in [4.69, 9.17) is 17.3 Å². The van der Waals surface area contributed by atoms with Gasteiger partial charge in [0.2, 0.25) is 0 Å². The van der Waals surface area contributed by atoms with Crippen molar-refractivity contribution >= 4 is 11.6 Å². The van der Waals surface area contributed by atoms with E-state index in [9.17, 15) is 4.39 Å². The van der Waals surface area contributed by atoms with Crippen molar-refractivity contribution in [3.8, 4) is 0 Å². The molecule has 0 aliphatic rings. The lowest BCUT2D eigenvalue weighted by Gasteiger charge is -2.12. The number of nitrogens with two attached hydrogens (primary N) is 1. The van der Waals surface area contributed by atoms with Crippen molar-refractivity contribution < 1.29 is 4.39 Å². The van der Waals surface area contributed by atoms with Crippen molar-refractivity contribution in [2.45, 2.75) is 19.4 Å². The summed E-state index contributed by atoms with van der Waals surface area (Å²) in [6, 6.07) is 4.38. The minimum absolute atomic E-state index is 0.111. The third-order valence-electron chi connectivity index (χ3n) is 1.94. The second-order valence-corrected chi connectivity index (χ2v) is 3.85. The molecule has 0 radical (unpaired) electrons. The molecule has 1 nitrogen and oxygen atoms in total. The zero-order chi connectivity index (χ0) is 10.7. The molecule has 1 aromatic rings. The molecule has 0 saturated heterocycles. The zero-order valence-corrected chi connectivity index (χ0v) is 8.81. The van der Waals surface area contributed by atoms with Crippen molar-refractivity contribution in [1.29, 1.82) is 0 Å². The van der Waals surface area contributed by atoms with Crippen molar-refractivity contribution in [3.05, 3.63) is 46.8 Å². The molecule has 1 rings (SSSR count). The Morgan fingerprint density at radius 1 is 1.64 bits per heavy atom. The molecule has 0 bridgehead atoms. The summed E-state index contributed by atoms with van der Waals surface area (Å²) < 4.78 is 12.8. The molecule has 0 unspecified atom stereocenters. The molecule has 0 fully saturated rings. The molecule has 0 amide bonds. The summed E-state index contributed by atoms with van der Waals surface area (Å²) in [5.41, 5.74) is 7.70. The standard InChI is InChI=1S/C11H13ClFN/c1-7(2)5-11(14)8-3-4-10(13)9(12)6-8/h3-4,6,11H,1,5,14H2,2H3/t11-/m0/s1. The van der Waals surface area contributed by atoms with Gasteiger partial charge in [0.05, 0.1) is 5.02 Å². The highest BCUT2D eigenvalue weighted by Gasteiger charge is 2.08. The Labute approximate surface area is 88.4 Å². The van der Waals surface area contributed by atoms with Gasteiger partial charge in [0.1, 0.15) is 5.82 Å². The molecule has 0 saturated carbocycles. The van der Waals surface area contributed by atoms with Crippen LogP contribution >= 0.6 is 11.6 Å². The van der Waals surface area contributed by atoms with Crippen molar-refractivity contribution in [2.75, 3.05) is 0 Å². The molecule has 0 aromatic heterocycles. The van der Waals surface area contributed by atoms with E-state index in [1.54, 1.807) is 12.1 Å². The normalized spacial score (nSPS) is 12.6. The summed E-state index contributed by atoms with van der Waals surface area (Å²) in [7, 11) is 0. The van der Waals surface area contributed by atoms with Crippen molar-refractivity contribution in [3.63, 3.8) is 0 Å². The van der Waals surface area contributed by atoms with Crippen molar-refractivity contribution in [1.82, 2.24) is 0 Å². The SMILES string of the molecule is C=C(C)C[C@H](N)c1ccc(F)c(Cl)c1. The number of halogens is 2. The molecular weight excluding hydrogens is 201 g/mol. The first kappa shape index (κ1) is 11.2. The molecule has 0 heterocycles. The highest BCUT2D eigenvalue weighted by Crippen LogP contribution is 2.22. The van der Waals surface area contributed by atoms with Gasteiger partial charge in [0, 0.05) is 6.04 Å². The molecule has 1 aromatic carbocycles. The molecule has 76 valence electrons. The van der Waals surface area contributed by atoms with Gasteiger partial charge in [-0.05, 0) is 31.0 Å². The van der Waals surface area contributed by atoms with E-state index in [1.807, 2.05) is 6.92 Å². The van der Waals surface area contributed by atoms with Crippen LogP contribution in [0, 0.1) is 5.82 Å². The highest BCUT2D eigenvalue weighted by molar-refractivity contribution is 6.30. The van der Waals surface area contributed by atoms with Crippen LogP contribution in [0.15, 0.2) is 30.4 Å². The molecule has 2 N–H and O–H groups in total. The van der Waals surface area contributed by atoms with E-state index in [-0.39, 0.29) is 11.1 Å². The Balaban J connectivity index is 2.85. The third kappa shape index (κ3) is 2.82. The summed E-state index contributed by atoms with van der Waals surface area (Å²) in [5, 5.41) is 0.111. The number of hydrogen-bond acceptors (Lipinski definition) is 1. The summed E-state index contributed by atoms with van der Waals surface area (Å²) in [6.45, 7) is 5.68. The average molecular weight is 214 g/mol. The van der Waals surface area contributed by atoms with E-state index < -0.39 is 5.82 Å². The van der Waals surface area contributed by atoms with Crippen LogP contribution in [0.3, 0.4) is 0 Å². The topological polar surface area (TPSA) is 26.0 Å². The first-order chi connectivity index (χ1) is 6.50.